The van der Waals surface area contributed by atoms with Crippen LogP contribution in [0.1, 0.15) is 40.0 Å². The molecular weight excluding hydrogens is 326 g/mol. The Labute approximate surface area is 149 Å². The van der Waals surface area contributed by atoms with Crippen molar-refractivity contribution in [1.82, 2.24) is 15.5 Å². The molecule has 2 heterocycles. The third kappa shape index (κ3) is 7.07. The Kier molecular flexibility index (Phi) is 7.31. The number of nitrogens with one attached hydrogen (secondary N) is 2. The molecule has 0 aromatic carbocycles. The fourth-order valence-electron chi connectivity index (χ4n) is 2.91. The minimum atomic E-state index is -0.522. The van der Waals surface area contributed by atoms with E-state index in [4.69, 9.17) is 14.2 Å². The Morgan fingerprint density at radius 3 is 2.60 bits per heavy atom. The van der Waals surface area contributed by atoms with Gasteiger partial charge in [-0.3, -0.25) is 0 Å². The number of likely N-dealkylation sites (tertiary alicyclic amines) is 1. The molecule has 25 heavy (non-hydrogen) atoms. The summed E-state index contributed by atoms with van der Waals surface area (Å²) in [5.41, 5.74) is -0.522. The van der Waals surface area contributed by atoms with Crippen LogP contribution in [0.3, 0.4) is 0 Å². The second kappa shape index (κ2) is 9.24. The smallest absolute Gasteiger partial charge is 0.410 e. The number of hydrogen-bond acceptors (Lipinski definition) is 5. The lowest BCUT2D eigenvalue weighted by Crippen LogP contribution is -2.52. The molecule has 144 valence electrons. The molecule has 3 amide bonds. The number of urea groups is 1. The molecule has 0 bridgehead atoms. The summed E-state index contributed by atoms with van der Waals surface area (Å²) in [5, 5.41) is 5.63. The fourth-order valence-corrected chi connectivity index (χ4v) is 2.91. The number of carbonyl (C=O) groups excluding carboxylic acids is 2. The van der Waals surface area contributed by atoms with Crippen molar-refractivity contribution in [3.63, 3.8) is 0 Å². The summed E-state index contributed by atoms with van der Waals surface area (Å²) in [7, 11) is 0. The molecule has 0 unspecified atom stereocenters. The molecule has 2 aliphatic heterocycles. The predicted octanol–water partition coefficient (Wildman–Crippen LogP) is 1.49. The van der Waals surface area contributed by atoms with Gasteiger partial charge in [-0.05, 0) is 40.0 Å². The Bertz CT molecular complexity index is 446. The number of carbonyl (C=O) groups is 2. The standard InChI is InChI=1S/C17H31N3O5/c1-17(2,3)25-16(22)20-7-5-4-6-13(20)10-18-15(21)19-11-14-12-23-8-9-24-14/h13-14H,4-12H2,1-3H3,(H2,18,19,21)/t13-,14+/m1/s1. The van der Waals surface area contributed by atoms with E-state index in [1.807, 2.05) is 20.8 Å². The van der Waals surface area contributed by atoms with Crippen molar-refractivity contribution < 1.29 is 23.8 Å². The van der Waals surface area contributed by atoms with Crippen LogP contribution in [-0.4, -0.2) is 74.2 Å². The highest BCUT2D eigenvalue weighted by molar-refractivity contribution is 5.74. The topological polar surface area (TPSA) is 89.1 Å². The van der Waals surface area contributed by atoms with E-state index in [9.17, 15) is 9.59 Å². The lowest BCUT2D eigenvalue weighted by atomic mass is 10.0. The van der Waals surface area contributed by atoms with Crippen molar-refractivity contribution >= 4 is 12.1 Å². The van der Waals surface area contributed by atoms with Gasteiger partial charge in [-0.25, -0.2) is 9.59 Å². The highest BCUT2D eigenvalue weighted by atomic mass is 16.6. The number of hydrogen-bond donors (Lipinski definition) is 2. The van der Waals surface area contributed by atoms with Crippen LogP contribution >= 0.6 is 0 Å². The van der Waals surface area contributed by atoms with Gasteiger partial charge in [0.15, 0.2) is 0 Å². The summed E-state index contributed by atoms with van der Waals surface area (Å²) in [6.07, 6.45) is 2.44. The van der Waals surface area contributed by atoms with Gasteiger partial charge in [-0.15, -0.1) is 0 Å². The van der Waals surface area contributed by atoms with Crippen LogP contribution < -0.4 is 10.6 Å². The first-order valence-electron chi connectivity index (χ1n) is 9.06. The van der Waals surface area contributed by atoms with Crippen molar-refractivity contribution in [3.05, 3.63) is 0 Å². The van der Waals surface area contributed by atoms with Crippen molar-refractivity contribution in [3.8, 4) is 0 Å². The van der Waals surface area contributed by atoms with Crippen molar-refractivity contribution in [2.24, 2.45) is 0 Å². The first kappa shape index (κ1) is 19.8. The van der Waals surface area contributed by atoms with E-state index in [0.29, 0.717) is 39.5 Å². The molecule has 0 saturated carbocycles. The molecule has 2 saturated heterocycles. The van der Waals surface area contributed by atoms with Crippen molar-refractivity contribution in [2.75, 3.05) is 39.5 Å². The van der Waals surface area contributed by atoms with Gasteiger partial charge < -0.3 is 29.7 Å². The van der Waals surface area contributed by atoms with Crippen LogP contribution in [0.2, 0.25) is 0 Å². The third-order valence-corrected chi connectivity index (χ3v) is 4.13. The Balaban J connectivity index is 1.74. The summed E-state index contributed by atoms with van der Waals surface area (Å²) in [4.78, 5) is 26.1. The molecule has 2 aliphatic rings. The average molecular weight is 357 g/mol. The molecule has 0 aromatic rings. The molecule has 0 aliphatic carbocycles. The fraction of sp³-hybridized carbons (Fsp3) is 0.882. The van der Waals surface area contributed by atoms with Crippen LogP contribution in [0.25, 0.3) is 0 Å². The van der Waals surface area contributed by atoms with E-state index in [1.54, 1.807) is 4.90 Å². The minimum absolute atomic E-state index is 0.0383. The number of piperidine rings is 1. The highest BCUT2D eigenvalue weighted by Gasteiger charge is 2.30. The number of nitrogens with zero attached hydrogens (tertiary/aromatic N) is 1. The van der Waals surface area contributed by atoms with Crippen LogP contribution in [0, 0.1) is 0 Å². The van der Waals surface area contributed by atoms with E-state index >= 15 is 0 Å². The van der Waals surface area contributed by atoms with Gasteiger partial charge in [0.1, 0.15) is 5.60 Å². The summed E-state index contributed by atoms with van der Waals surface area (Å²) in [6.45, 7) is 8.70. The van der Waals surface area contributed by atoms with Gasteiger partial charge in [-0.1, -0.05) is 0 Å². The zero-order chi connectivity index (χ0) is 18.3. The van der Waals surface area contributed by atoms with E-state index in [2.05, 4.69) is 10.6 Å². The summed E-state index contributed by atoms with van der Waals surface area (Å²) < 4.78 is 16.2. The van der Waals surface area contributed by atoms with E-state index < -0.39 is 5.60 Å². The molecular formula is C17H31N3O5. The second-order valence-electron chi connectivity index (χ2n) is 7.48. The van der Waals surface area contributed by atoms with E-state index in [1.165, 1.54) is 0 Å². The van der Waals surface area contributed by atoms with Crippen LogP contribution in [0.15, 0.2) is 0 Å². The molecule has 8 nitrogen and oxygen atoms in total. The molecule has 0 aromatic heterocycles. The zero-order valence-electron chi connectivity index (χ0n) is 15.5. The Morgan fingerprint density at radius 1 is 1.16 bits per heavy atom. The van der Waals surface area contributed by atoms with E-state index in [0.717, 1.165) is 19.3 Å². The molecule has 0 spiro atoms. The first-order chi connectivity index (χ1) is 11.8. The maximum Gasteiger partial charge on any atom is 0.410 e. The molecule has 2 N–H and O–H groups in total. The second-order valence-corrected chi connectivity index (χ2v) is 7.48. The minimum Gasteiger partial charge on any atom is -0.444 e. The normalized spacial score (nSPS) is 24.5. The number of amides is 3. The van der Waals surface area contributed by atoms with Gasteiger partial charge in [0.05, 0.1) is 32.0 Å². The number of ether oxygens (including phenoxy) is 3. The molecule has 2 atom stereocenters. The lowest BCUT2D eigenvalue weighted by molar-refractivity contribution is -0.0853. The number of rotatable bonds is 4. The summed E-state index contributed by atoms with van der Waals surface area (Å²) >= 11 is 0. The highest BCUT2D eigenvalue weighted by Crippen LogP contribution is 2.20. The largest absolute Gasteiger partial charge is 0.444 e. The monoisotopic (exact) mass is 357 g/mol. The summed E-state index contributed by atoms with van der Waals surface area (Å²) in [6, 6.07) is -0.299. The maximum absolute atomic E-state index is 12.3. The third-order valence-electron chi connectivity index (χ3n) is 4.13. The van der Waals surface area contributed by atoms with Gasteiger partial charge >= 0.3 is 12.1 Å². The van der Waals surface area contributed by atoms with Gasteiger partial charge in [-0.2, -0.15) is 0 Å². The first-order valence-corrected chi connectivity index (χ1v) is 9.06. The average Bonchev–Trinajstić information content (AvgIpc) is 2.58. The van der Waals surface area contributed by atoms with Crippen LogP contribution in [0.4, 0.5) is 9.59 Å². The Hall–Kier alpha value is -1.54. The Morgan fingerprint density at radius 2 is 1.92 bits per heavy atom. The van der Waals surface area contributed by atoms with Crippen LogP contribution in [-0.2, 0) is 14.2 Å². The van der Waals surface area contributed by atoms with E-state index in [-0.39, 0.29) is 24.3 Å². The molecule has 2 rings (SSSR count). The maximum atomic E-state index is 12.3. The van der Waals surface area contributed by atoms with Crippen molar-refractivity contribution in [2.45, 2.75) is 57.8 Å². The lowest BCUT2D eigenvalue weighted by Gasteiger charge is -2.36. The molecule has 0 radical (unpaired) electrons. The predicted molar refractivity (Wildman–Crippen MR) is 92.5 cm³/mol. The SMILES string of the molecule is CC(C)(C)OC(=O)N1CCCC[C@@H]1CNC(=O)NC[C@H]1COCCO1. The quantitative estimate of drug-likeness (QED) is 0.796. The van der Waals surface area contributed by atoms with Gasteiger partial charge in [0, 0.05) is 19.6 Å². The van der Waals surface area contributed by atoms with Gasteiger partial charge in [0.2, 0.25) is 0 Å². The van der Waals surface area contributed by atoms with Gasteiger partial charge in [0.25, 0.3) is 0 Å². The molecule has 8 heteroatoms. The molecule has 2 fully saturated rings. The zero-order valence-corrected chi connectivity index (χ0v) is 15.5. The van der Waals surface area contributed by atoms with Crippen LogP contribution in [0.5, 0.6) is 0 Å². The van der Waals surface area contributed by atoms with Crippen molar-refractivity contribution in [1.29, 1.82) is 0 Å². The summed E-state index contributed by atoms with van der Waals surface area (Å²) in [5.74, 6) is 0.